The SMILES string of the molecule is CNC1=C(c2ccc(C(F)(F)F)cc2)C(=O)[C@H](c2ccccc2)O1. The topological polar surface area (TPSA) is 38.3 Å². The second-order valence-corrected chi connectivity index (χ2v) is 5.30. The number of rotatable bonds is 3. The Morgan fingerprint density at radius 2 is 1.62 bits per heavy atom. The number of benzene rings is 2. The molecule has 1 aliphatic heterocycles. The predicted molar refractivity (Wildman–Crippen MR) is 82.7 cm³/mol. The third kappa shape index (κ3) is 2.87. The van der Waals surface area contributed by atoms with E-state index in [0.717, 1.165) is 12.1 Å². The Kier molecular flexibility index (Phi) is 4.05. The van der Waals surface area contributed by atoms with Gasteiger partial charge in [-0.15, -0.1) is 0 Å². The number of carbonyl (C=O) groups excluding carboxylic acids is 1. The van der Waals surface area contributed by atoms with E-state index in [4.69, 9.17) is 4.74 Å². The molecule has 3 nitrogen and oxygen atoms in total. The van der Waals surface area contributed by atoms with E-state index in [2.05, 4.69) is 5.32 Å². The van der Waals surface area contributed by atoms with Crippen LogP contribution in [0.5, 0.6) is 0 Å². The summed E-state index contributed by atoms with van der Waals surface area (Å²) >= 11 is 0. The van der Waals surface area contributed by atoms with Gasteiger partial charge < -0.3 is 10.1 Å². The normalized spacial score (nSPS) is 17.8. The summed E-state index contributed by atoms with van der Waals surface area (Å²) < 4.78 is 43.7. The Hall–Kier alpha value is -2.76. The molecular formula is C18H14F3NO2. The van der Waals surface area contributed by atoms with Gasteiger partial charge in [-0.25, -0.2) is 0 Å². The number of alkyl halides is 3. The van der Waals surface area contributed by atoms with Crippen molar-refractivity contribution in [1.29, 1.82) is 0 Å². The minimum absolute atomic E-state index is 0.250. The van der Waals surface area contributed by atoms with E-state index in [0.29, 0.717) is 11.1 Å². The van der Waals surface area contributed by atoms with Gasteiger partial charge in [-0.3, -0.25) is 4.79 Å². The molecule has 1 aliphatic rings. The van der Waals surface area contributed by atoms with Crippen LogP contribution in [-0.4, -0.2) is 12.8 Å². The zero-order valence-corrected chi connectivity index (χ0v) is 12.7. The molecule has 1 atom stereocenters. The van der Waals surface area contributed by atoms with Gasteiger partial charge in [0.2, 0.25) is 5.78 Å². The molecule has 0 aliphatic carbocycles. The van der Waals surface area contributed by atoms with Gasteiger partial charge in [-0.1, -0.05) is 42.5 Å². The second kappa shape index (κ2) is 6.03. The highest BCUT2D eigenvalue weighted by Gasteiger charge is 2.37. The first kappa shape index (κ1) is 16.1. The lowest BCUT2D eigenvalue weighted by atomic mass is 9.96. The molecule has 0 amide bonds. The Morgan fingerprint density at radius 1 is 1.00 bits per heavy atom. The standard InChI is InChI=1S/C18H14F3NO2/c1-22-17-14(11-7-9-13(10-8-11)18(19,20)21)15(23)16(24-17)12-5-3-2-4-6-12/h2-10,16,22H,1H3/t16-/m0/s1. The number of ether oxygens (including phenoxy) is 1. The Bertz CT molecular complexity index is 780. The molecule has 2 aromatic carbocycles. The van der Waals surface area contributed by atoms with Crippen LogP contribution in [0.2, 0.25) is 0 Å². The zero-order valence-electron chi connectivity index (χ0n) is 12.7. The molecule has 124 valence electrons. The molecule has 0 saturated heterocycles. The Balaban J connectivity index is 1.95. The van der Waals surface area contributed by atoms with E-state index in [1.54, 1.807) is 31.3 Å². The first-order chi connectivity index (χ1) is 11.4. The number of hydrogen-bond donors (Lipinski definition) is 1. The van der Waals surface area contributed by atoms with Gasteiger partial charge >= 0.3 is 6.18 Å². The number of halogens is 3. The van der Waals surface area contributed by atoms with Crippen molar-refractivity contribution in [1.82, 2.24) is 5.32 Å². The van der Waals surface area contributed by atoms with Crippen LogP contribution in [0.3, 0.4) is 0 Å². The maximum atomic E-state index is 12.7. The fourth-order valence-electron chi connectivity index (χ4n) is 2.60. The highest BCUT2D eigenvalue weighted by atomic mass is 19.4. The molecule has 0 radical (unpaired) electrons. The lowest BCUT2D eigenvalue weighted by Gasteiger charge is -2.11. The zero-order chi connectivity index (χ0) is 17.3. The lowest BCUT2D eigenvalue weighted by molar-refractivity contribution is -0.137. The smallest absolute Gasteiger partial charge is 0.416 e. The van der Waals surface area contributed by atoms with Crippen molar-refractivity contribution in [3.63, 3.8) is 0 Å². The molecule has 2 aromatic rings. The summed E-state index contributed by atoms with van der Waals surface area (Å²) in [6, 6.07) is 13.4. The van der Waals surface area contributed by atoms with Gasteiger partial charge in [0.15, 0.2) is 12.0 Å². The molecule has 0 bridgehead atoms. The number of hydrogen-bond acceptors (Lipinski definition) is 3. The summed E-state index contributed by atoms with van der Waals surface area (Å²) in [4.78, 5) is 12.7. The quantitative estimate of drug-likeness (QED) is 0.925. The van der Waals surface area contributed by atoms with Crippen LogP contribution < -0.4 is 5.32 Å². The third-order valence-electron chi connectivity index (χ3n) is 3.78. The minimum atomic E-state index is -4.42. The van der Waals surface area contributed by atoms with Crippen molar-refractivity contribution in [2.24, 2.45) is 0 Å². The monoisotopic (exact) mass is 333 g/mol. The van der Waals surface area contributed by atoms with E-state index in [-0.39, 0.29) is 17.2 Å². The van der Waals surface area contributed by atoms with Crippen molar-refractivity contribution in [3.8, 4) is 0 Å². The summed E-state index contributed by atoms with van der Waals surface area (Å²) in [6.45, 7) is 0. The molecule has 0 saturated carbocycles. The number of ketones is 1. The molecule has 0 fully saturated rings. The number of nitrogens with one attached hydrogen (secondary N) is 1. The van der Waals surface area contributed by atoms with E-state index in [1.807, 2.05) is 6.07 Å². The van der Waals surface area contributed by atoms with Crippen LogP contribution >= 0.6 is 0 Å². The highest BCUT2D eigenvalue weighted by Crippen LogP contribution is 2.38. The summed E-state index contributed by atoms with van der Waals surface area (Å²) in [5.74, 6) is -0.0288. The fourth-order valence-corrected chi connectivity index (χ4v) is 2.60. The van der Waals surface area contributed by atoms with E-state index >= 15 is 0 Å². The van der Waals surface area contributed by atoms with Crippen molar-refractivity contribution in [2.75, 3.05) is 7.05 Å². The lowest BCUT2D eigenvalue weighted by Crippen LogP contribution is -2.10. The molecule has 3 rings (SSSR count). The van der Waals surface area contributed by atoms with Gasteiger partial charge in [0.25, 0.3) is 0 Å². The molecule has 0 unspecified atom stereocenters. The van der Waals surface area contributed by atoms with Crippen molar-refractivity contribution < 1.29 is 22.7 Å². The number of carbonyl (C=O) groups is 1. The van der Waals surface area contributed by atoms with Crippen LogP contribution in [0.1, 0.15) is 22.8 Å². The van der Waals surface area contributed by atoms with Crippen molar-refractivity contribution in [2.45, 2.75) is 12.3 Å². The molecule has 1 N–H and O–H groups in total. The fraction of sp³-hybridized carbons (Fsp3) is 0.167. The van der Waals surface area contributed by atoms with Gasteiger partial charge in [0.1, 0.15) is 0 Å². The Labute approximate surface area is 136 Å². The second-order valence-electron chi connectivity index (χ2n) is 5.30. The molecule has 6 heteroatoms. The Morgan fingerprint density at radius 3 is 2.17 bits per heavy atom. The van der Waals surface area contributed by atoms with Crippen LogP contribution in [0.15, 0.2) is 60.5 Å². The van der Waals surface area contributed by atoms with Crippen LogP contribution in [0, 0.1) is 0 Å². The van der Waals surface area contributed by atoms with Crippen molar-refractivity contribution in [3.05, 3.63) is 77.2 Å². The maximum absolute atomic E-state index is 12.7. The first-order valence-electron chi connectivity index (χ1n) is 7.27. The summed E-state index contributed by atoms with van der Waals surface area (Å²) in [5, 5.41) is 2.80. The predicted octanol–water partition coefficient (Wildman–Crippen LogP) is 3.93. The minimum Gasteiger partial charge on any atom is -0.462 e. The summed E-state index contributed by atoms with van der Waals surface area (Å²) in [5.41, 5.74) is 0.567. The van der Waals surface area contributed by atoms with Gasteiger partial charge in [-0.05, 0) is 17.7 Å². The highest BCUT2D eigenvalue weighted by molar-refractivity contribution is 6.25. The molecule has 24 heavy (non-hydrogen) atoms. The first-order valence-corrected chi connectivity index (χ1v) is 7.27. The average molecular weight is 333 g/mol. The van der Waals surface area contributed by atoms with Crippen LogP contribution in [-0.2, 0) is 15.7 Å². The summed E-state index contributed by atoms with van der Waals surface area (Å²) in [6.07, 6.45) is -5.22. The van der Waals surface area contributed by atoms with Crippen molar-refractivity contribution >= 4 is 11.4 Å². The molecule has 0 aromatic heterocycles. The van der Waals surface area contributed by atoms with Gasteiger partial charge in [0.05, 0.1) is 11.1 Å². The number of Topliss-reactive ketones (excluding diaryl/α,β-unsaturated/α-hetero) is 1. The third-order valence-corrected chi connectivity index (χ3v) is 3.78. The largest absolute Gasteiger partial charge is 0.462 e. The van der Waals surface area contributed by atoms with E-state index in [1.165, 1.54) is 12.1 Å². The van der Waals surface area contributed by atoms with Gasteiger partial charge in [0, 0.05) is 12.6 Å². The van der Waals surface area contributed by atoms with Crippen LogP contribution in [0.4, 0.5) is 13.2 Å². The van der Waals surface area contributed by atoms with E-state index < -0.39 is 17.8 Å². The molecule has 1 heterocycles. The average Bonchev–Trinajstić information content (AvgIpc) is 2.91. The molecular weight excluding hydrogens is 319 g/mol. The maximum Gasteiger partial charge on any atom is 0.416 e. The van der Waals surface area contributed by atoms with E-state index in [9.17, 15) is 18.0 Å². The van der Waals surface area contributed by atoms with Gasteiger partial charge in [-0.2, -0.15) is 13.2 Å². The summed E-state index contributed by atoms with van der Waals surface area (Å²) in [7, 11) is 1.60. The molecule has 0 spiro atoms. The van der Waals surface area contributed by atoms with Crippen LogP contribution in [0.25, 0.3) is 5.57 Å².